The number of H-pyrrole nitrogens is 1. The van der Waals surface area contributed by atoms with Gasteiger partial charge in [0.25, 0.3) is 5.56 Å². The Morgan fingerprint density at radius 2 is 1.92 bits per heavy atom. The summed E-state index contributed by atoms with van der Waals surface area (Å²) in [4.78, 5) is 19.2. The topological polar surface area (TPSA) is 78.8 Å². The quantitative estimate of drug-likeness (QED) is 0.549. The Bertz CT molecular complexity index is 1020. The molecule has 0 unspecified atom stereocenters. The number of nitrogens with one attached hydrogen (secondary N) is 1. The molecule has 1 aromatic heterocycles. The van der Waals surface area contributed by atoms with Crippen LogP contribution in [0.15, 0.2) is 58.5 Å². The highest BCUT2D eigenvalue weighted by Gasteiger charge is 2.16. The summed E-state index contributed by atoms with van der Waals surface area (Å²) in [6.45, 7) is 2.42. The minimum absolute atomic E-state index is 0.0193. The van der Waals surface area contributed by atoms with Gasteiger partial charge in [0.05, 0.1) is 0 Å². The average molecular weight is 363 g/mol. The van der Waals surface area contributed by atoms with E-state index in [1.807, 2.05) is 61.7 Å². The van der Waals surface area contributed by atoms with Gasteiger partial charge in [0.15, 0.2) is 5.16 Å². The number of aryl methyl sites for hydroxylation is 1. The van der Waals surface area contributed by atoms with Gasteiger partial charge in [-0.05, 0) is 30.9 Å². The maximum Gasteiger partial charge on any atom is 0.270 e. The summed E-state index contributed by atoms with van der Waals surface area (Å²) in [5.41, 5.74) is 2.71. The molecule has 0 saturated carbocycles. The second-order valence-electron chi connectivity index (χ2n) is 5.68. The number of hydrogen-bond donors (Lipinski definition) is 1. The molecular formula is C20H17N3O2S. The Kier molecular flexibility index (Phi) is 5.40. The number of thioether (sulfide) groups is 1. The molecule has 130 valence electrons. The van der Waals surface area contributed by atoms with Crippen molar-refractivity contribution >= 4 is 11.8 Å². The predicted octanol–water partition coefficient (Wildman–Crippen LogP) is 3.92. The van der Waals surface area contributed by atoms with Gasteiger partial charge in [-0.3, -0.25) is 4.79 Å². The smallest absolute Gasteiger partial charge is 0.270 e. The van der Waals surface area contributed by atoms with E-state index < -0.39 is 5.56 Å². The summed E-state index contributed by atoms with van der Waals surface area (Å²) in [5.74, 6) is 0.578. The standard InChI is InChI=1S/C20H17N3O2S/c1-13-7-9-14(10-8-13)12-25-17-6-4-3-5-15(17)18-16(11-21)19(24)23-20(22-18)26-2/h3-10H,12H2,1-2H3,(H,22,23,24). The number of para-hydroxylation sites is 1. The summed E-state index contributed by atoms with van der Waals surface area (Å²) in [5, 5.41) is 9.85. The lowest BCUT2D eigenvalue weighted by Crippen LogP contribution is -2.15. The maximum atomic E-state index is 12.2. The van der Waals surface area contributed by atoms with Crippen molar-refractivity contribution in [1.29, 1.82) is 5.26 Å². The van der Waals surface area contributed by atoms with Crippen molar-refractivity contribution < 1.29 is 4.74 Å². The molecule has 6 heteroatoms. The maximum absolute atomic E-state index is 12.2. The van der Waals surface area contributed by atoms with E-state index in [-0.39, 0.29) is 5.56 Å². The van der Waals surface area contributed by atoms with Crippen LogP contribution >= 0.6 is 11.8 Å². The van der Waals surface area contributed by atoms with E-state index in [4.69, 9.17) is 4.74 Å². The lowest BCUT2D eigenvalue weighted by Gasteiger charge is -2.12. The third-order valence-corrected chi connectivity index (χ3v) is 4.44. The first kappa shape index (κ1) is 17.8. The molecule has 3 aromatic rings. The van der Waals surface area contributed by atoms with Crippen molar-refractivity contribution in [1.82, 2.24) is 9.97 Å². The third-order valence-electron chi connectivity index (χ3n) is 3.86. The van der Waals surface area contributed by atoms with Gasteiger partial charge >= 0.3 is 0 Å². The lowest BCUT2D eigenvalue weighted by molar-refractivity contribution is 0.307. The van der Waals surface area contributed by atoms with Crippen LogP contribution in [0.5, 0.6) is 5.75 Å². The van der Waals surface area contributed by atoms with Crippen molar-refractivity contribution in [2.75, 3.05) is 6.26 Å². The van der Waals surface area contributed by atoms with Crippen LogP contribution in [0.1, 0.15) is 16.7 Å². The molecule has 5 nitrogen and oxygen atoms in total. The number of benzene rings is 2. The van der Waals surface area contributed by atoms with Crippen LogP contribution < -0.4 is 10.3 Å². The Morgan fingerprint density at radius 1 is 1.19 bits per heavy atom. The van der Waals surface area contributed by atoms with Crippen LogP contribution in [-0.2, 0) is 6.61 Å². The summed E-state index contributed by atoms with van der Waals surface area (Å²) in [7, 11) is 0. The molecule has 0 atom stereocenters. The molecule has 0 bridgehead atoms. The second-order valence-corrected chi connectivity index (χ2v) is 6.48. The van der Waals surface area contributed by atoms with Gasteiger partial charge < -0.3 is 9.72 Å². The minimum atomic E-state index is -0.449. The molecule has 3 rings (SSSR count). The van der Waals surface area contributed by atoms with E-state index in [2.05, 4.69) is 9.97 Å². The molecule has 0 amide bonds. The van der Waals surface area contributed by atoms with Crippen LogP contribution in [0.4, 0.5) is 0 Å². The highest BCUT2D eigenvalue weighted by atomic mass is 32.2. The molecule has 26 heavy (non-hydrogen) atoms. The van der Waals surface area contributed by atoms with Gasteiger partial charge in [0.2, 0.25) is 0 Å². The van der Waals surface area contributed by atoms with E-state index in [0.717, 1.165) is 5.56 Å². The molecule has 2 aromatic carbocycles. The van der Waals surface area contributed by atoms with E-state index in [0.29, 0.717) is 28.8 Å². The Balaban J connectivity index is 2.00. The zero-order valence-corrected chi connectivity index (χ0v) is 15.3. The van der Waals surface area contributed by atoms with Crippen LogP contribution in [0.3, 0.4) is 0 Å². The molecule has 0 saturated heterocycles. The number of aromatic amines is 1. The SMILES string of the molecule is CSc1nc(-c2ccccc2OCc2ccc(C)cc2)c(C#N)c(=O)[nH]1. The Labute approximate surface area is 155 Å². The Morgan fingerprint density at radius 3 is 2.62 bits per heavy atom. The van der Waals surface area contributed by atoms with Crippen molar-refractivity contribution in [3.05, 3.63) is 75.6 Å². The average Bonchev–Trinajstić information content (AvgIpc) is 2.67. The molecular weight excluding hydrogens is 346 g/mol. The van der Waals surface area contributed by atoms with Crippen LogP contribution in [0, 0.1) is 18.3 Å². The number of rotatable bonds is 5. The normalized spacial score (nSPS) is 10.3. The van der Waals surface area contributed by atoms with Gasteiger partial charge in [0, 0.05) is 5.56 Å². The van der Waals surface area contributed by atoms with Crippen molar-refractivity contribution in [2.45, 2.75) is 18.7 Å². The molecule has 0 fully saturated rings. The third kappa shape index (κ3) is 3.79. The van der Waals surface area contributed by atoms with Gasteiger partial charge in [-0.1, -0.05) is 53.7 Å². The van der Waals surface area contributed by atoms with Gasteiger partial charge in [-0.15, -0.1) is 0 Å². The lowest BCUT2D eigenvalue weighted by atomic mass is 10.1. The highest BCUT2D eigenvalue weighted by molar-refractivity contribution is 7.98. The fourth-order valence-electron chi connectivity index (χ4n) is 2.48. The molecule has 0 aliphatic rings. The van der Waals surface area contributed by atoms with Crippen LogP contribution in [0.25, 0.3) is 11.3 Å². The zero-order valence-electron chi connectivity index (χ0n) is 14.4. The Hall–Kier alpha value is -3.04. The van der Waals surface area contributed by atoms with Crippen molar-refractivity contribution in [3.63, 3.8) is 0 Å². The zero-order chi connectivity index (χ0) is 18.5. The van der Waals surface area contributed by atoms with Gasteiger partial charge in [-0.2, -0.15) is 5.26 Å². The van der Waals surface area contributed by atoms with Crippen LogP contribution in [0.2, 0.25) is 0 Å². The first-order valence-electron chi connectivity index (χ1n) is 7.98. The van der Waals surface area contributed by atoms with Crippen molar-refractivity contribution in [3.8, 4) is 23.1 Å². The molecule has 1 heterocycles. The largest absolute Gasteiger partial charge is 0.488 e. The molecule has 0 spiro atoms. The second kappa shape index (κ2) is 7.89. The minimum Gasteiger partial charge on any atom is -0.488 e. The number of aromatic nitrogens is 2. The first-order valence-corrected chi connectivity index (χ1v) is 9.21. The van der Waals surface area contributed by atoms with Crippen LogP contribution in [-0.4, -0.2) is 16.2 Å². The van der Waals surface area contributed by atoms with Gasteiger partial charge in [-0.25, -0.2) is 4.98 Å². The van der Waals surface area contributed by atoms with E-state index in [1.54, 1.807) is 6.07 Å². The summed E-state index contributed by atoms with van der Waals surface area (Å²) in [6, 6.07) is 17.3. The van der Waals surface area contributed by atoms with Crippen molar-refractivity contribution in [2.24, 2.45) is 0 Å². The van der Waals surface area contributed by atoms with E-state index >= 15 is 0 Å². The number of nitriles is 1. The first-order chi connectivity index (χ1) is 12.6. The number of ether oxygens (including phenoxy) is 1. The predicted molar refractivity (Wildman–Crippen MR) is 102 cm³/mol. The van der Waals surface area contributed by atoms with Gasteiger partial charge in [0.1, 0.15) is 29.7 Å². The highest BCUT2D eigenvalue weighted by Crippen LogP contribution is 2.31. The fourth-order valence-corrected chi connectivity index (χ4v) is 2.86. The summed E-state index contributed by atoms with van der Waals surface area (Å²) >= 11 is 1.31. The van der Waals surface area contributed by atoms with E-state index in [1.165, 1.54) is 17.3 Å². The summed E-state index contributed by atoms with van der Waals surface area (Å²) in [6.07, 6.45) is 1.81. The summed E-state index contributed by atoms with van der Waals surface area (Å²) < 4.78 is 5.96. The van der Waals surface area contributed by atoms with E-state index in [9.17, 15) is 10.1 Å². The molecule has 0 radical (unpaired) electrons. The fraction of sp³-hybridized carbons (Fsp3) is 0.150. The number of hydrogen-bond acceptors (Lipinski definition) is 5. The molecule has 0 aliphatic carbocycles. The monoisotopic (exact) mass is 363 g/mol. The number of nitrogens with zero attached hydrogens (tertiary/aromatic N) is 2. The molecule has 0 aliphatic heterocycles. The molecule has 1 N–H and O–H groups in total.